The van der Waals surface area contributed by atoms with Crippen molar-refractivity contribution in [2.75, 3.05) is 13.2 Å². The van der Waals surface area contributed by atoms with Crippen LogP contribution in [-0.4, -0.2) is 63.4 Å². The second-order valence-corrected chi connectivity index (χ2v) is 5.62. The number of aromatic nitrogens is 3. The third-order valence-electron chi connectivity index (χ3n) is 3.56. The summed E-state index contributed by atoms with van der Waals surface area (Å²) in [4.78, 5) is 11.6. The quantitative estimate of drug-likeness (QED) is 0.766. The third kappa shape index (κ3) is 2.60. The molecular formula is C13H19N3O6. The maximum Gasteiger partial charge on any atom is 0.360 e. The molecule has 1 unspecified atom stereocenters. The minimum absolute atomic E-state index is 0.0904. The van der Waals surface area contributed by atoms with E-state index < -0.39 is 36.3 Å². The summed E-state index contributed by atoms with van der Waals surface area (Å²) in [7, 11) is 0. The number of hydrogen-bond donors (Lipinski definition) is 1. The molecule has 122 valence electrons. The lowest BCUT2D eigenvalue weighted by molar-refractivity contribution is -0.201. The topological polar surface area (TPSA) is 105 Å². The number of carbonyl (C=O) groups excluding carboxylic acids is 1. The van der Waals surface area contributed by atoms with Crippen LogP contribution in [0.2, 0.25) is 0 Å². The number of esters is 1. The Bertz CT molecular complexity index is 560. The fraction of sp³-hybridized carbons (Fsp3) is 0.769. The zero-order chi connectivity index (χ0) is 15.9. The Labute approximate surface area is 127 Å². The zero-order valence-electron chi connectivity index (χ0n) is 12.6. The molecule has 22 heavy (non-hydrogen) atoms. The van der Waals surface area contributed by atoms with Gasteiger partial charge in [-0.15, -0.1) is 5.10 Å². The van der Waals surface area contributed by atoms with Crippen molar-refractivity contribution in [2.45, 2.75) is 51.1 Å². The molecule has 2 aliphatic heterocycles. The Balaban J connectivity index is 1.81. The van der Waals surface area contributed by atoms with Crippen molar-refractivity contribution in [3.8, 4) is 0 Å². The highest BCUT2D eigenvalue weighted by atomic mass is 16.8. The molecule has 2 aliphatic rings. The molecule has 1 N–H and O–H groups in total. The number of rotatable bonds is 4. The first-order valence-corrected chi connectivity index (χ1v) is 7.16. The monoisotopic (exact) mass is 313 g/mol. The van der Waals surface area contributed by atoms with Gasteiger partial charge in [-0.1, -0.05) is 5.21 Å². The van der Waals surface area contributed by atoms with Gasteiger partial charge in [-0.25, -0.2) is 9.48 Å². The molecule has 2 fully saturated rings. The molecule has 1 aromatic rings. The first-order valence-electron chi connectivity index (χ1n) is 7.16. The van der Waals surface area contributed by atoms with E-state index in [4.69, 9.17) is 18.9 Å². The number of ether oxygens (including phenoxy) is 4. The fourth-order valence-corrected chi connectivity index (χ4v) is 2.72. The van der Waals surface area contributed by atoms with Crippen molar-refractivity contribution in [1.29, 1.82) is 0 Å². The van der Waals surface area contributed by atoms with Crippen molar-refractivity contribution >= 4 is 5.97 Å². The summed E-state index contributed by atoms with van der Waals surface area (Å²) in [5.41, 5.74) is 0.0904. The van der Waals surface area contributed by atoms with Gasteiger partial charge in [0, 0.05) is 0 Å². The van der Waals surface area contributed by atoms with Crippen LogP contribution in [0.25, 0.3) is 0 Å². The van der Waals surface area contributed by atoms with Crippen LogP contribution in [0.4, 0.5) is 0 Å². The summed E-state index contributed by atoms with van der Waals surface area (Å²) >= 11 is 0. The summed E-state index contributed by atoms with van der Waals surface area (Å²) in [6, 6.07) is 0. The second kappa shape index (κ2) is 5.58. The van der Waals surface area contributed by atoms with Gasteiger partial charge < -0.3 is 24.1 Å². The molecular weight excluding hydrogens is 294 g/mol. The zero-order valence-corrected chi connectivity index (χ0v) is 12.6. The molecule has 0 amide bonds. The van der Waals surface area contributed by atoms with E-state index in [9.17, 15) is 9.90 Å². The largest absolute Gasteiger partial charge is 0.461 e. The Morgan fingerprint density at radius 2 is 2.18 bits per heavy atom. The van der Waals surface area contributed by atoms with Gasteiger partial charge in [0.15, 0.2) is 17.7 Å². The fourth-order valence-electron chi connectivity index (χ4n) is 2.72. The number of carbonyl (C=O) groups is 1. The van der Waals surface area contributed by atoms with Gasteiger partial charge in [-0.2, -0.15) is 0 Å². The van der Waals surface area contributed by atoms with Gasteiger partial charge in [-0.05, 0) is 20.8 Å². The smallest absolute Gasteiger partial charge is 0.360 e. The van der Waals surface area contributed by atoms with Crippen LogP contribution in [-0.2, 0) is 18.9 Å². The predicted molar refractivity (Wildman–Crippen MR) is 70.8 cm³/mol. The van der Waals surface area contributed by atoms with Crippen molar-refractivity contribution in [2.24, 2.45) is 0 Å². The van der Waals surface area contributed by atoms with E-state index in [-0.39, 0.29) is 18.9 Å². The van der Waals surface area contributed by atoms with Crippen LogP contribution >= 0.6 is 0 Å². The van der Waals surface area contributed by atoms with Gasteiger partial charge in [0.05, 0.1) is 19.4 Å². The molecule has 0 radical (unpaired) electrons. The molecule has 0 bridgehead atoms. The Hall–Kier alpha value is -1.55. The van der Waals surface area contributed by atoms with Crippen LogP contribution in [0, 0.1) is 0 Å². The molecule has 3 heterocycles. The summed E-state index contributed by atoms with van der Waals surface area (Å²) in [6.07, 6.45) is -0.551. The van der Waals surface area contributed by atoms with E-state index in [0.29, 0.717) is 0 Å². The van der Waals surface area contributed by atoms with E-state index in [2.05, 4.69) is 10.3 Å². The average molecular weight is 313 g/mol. The molecule has 3 rings (SSSR count). The normalized spacial score (nSPS) is 32.9. The number of aliphatic hydroxyl groups excluding tert-OH is 1. The first-order chi connectivity index (χ1) is 10.4. The van der Waals surface area contributed by atoms with E-state index in [1.807, 2.05) is 0 Å². The molecule has 9 heteroatoms. The van der Waals surface area contributed by atoms with Crippen molar-refractivity contribution < 1.29 is 28.8 Å². The molecule has 1 aromatic heterocycles. The van der Waals surface area contributed by atoms with Gasteiger partial charge in [0.25, 0.3) is 0 Å². The van der Waals surface area contributed by atoms with E-state index in [1.165, 1.54) is 10.9 Å². The summed E-state index contributed by atoms with van der Waals surface area (Å²) in [6.45, 7) is 5.36. The van der Waals surface area contributed by atoms with Crippen LogP contribution < -0.4 is 0 Å². The maximum absolute atomic E-state index is 11.6. The van der Waals surface area contributed by atoms with Crippen LogP contribution in [0.1, 0.15) is 37.5 Å². The summed E-state index contributed by atoms with van der Waals surface area (Å²) in [5.74, 6) is -1.32. The first kappa shape index (κ1) is 15.3. The van der Waals surface area contributed by atoms with Crippen LogP contribution in [0.3, 0.4) is 0 Å². The Morgan fingerprint density at radius 1 is 1.45 bits per heavy atom. The van der Waals surface area contributed by atoms with Gasteiger partial charge >= 0.3 is 5.97 Å². The predicted octanol–water partition coefficient (Wildman–Crippen LogP) is -0.135. The van der Waals surface area contributed by atoms with Crippen LogP contribution in [0.5, 0.6) is 0 Å². The number of nitrogens with zero attached hydrogens (tertiary/aromatic N) is 3. The van der Waals surface area contributed by atoms with E-state index in [0.717, 1.165) is 0 Å². The Kier molecular flexibility index (Phi) is 3.89. The van der Waals surface area contributed by atoms with Crippen molar-refractivity contribution in [3.05, 3.63) is 11.9 Å². The number of aliphatic hydroxyl groups is 1. The number of fused-ring (bicyclic) bond motifs is 1. The highest BCUT2D eigenvalue weighted by molar-refractivity contribution is 5.86. The van der Waals surface area contributed by atoms with Crippen molar-refractivity contribution in [3.63, 3.8) is 0 Å². The molecule has 2 saturated heterocycles. The van der Waals surface area contributed by atoms with Gasteiger partial charge in [0.1, 0.15) is 18.3 Å². The van der Waals surface area contributed by atoms with Crippen LogP contribution in [0.15, 0.2) is 6.20 Å². The third-order valence-corrected chi connectivity index (χ3v) is 3.56. The molecule has 0 spiro atoms. The minimum Gasteiger partial charge on any atom is -0.461 e. The number of hydrogen-bond acceptors (Lipinski definition) is 8. The maximum atomic E-state index is 11.6. The summed E-state index contributed by atoms with van der Waals surface area (Å²) in [5, 5.41) is 17.1. The summed E-state index contributed by atoms with van der Waals surface area (Å²) < 4.78 is 23.6. The van der Waals surface area contributed by atoms with Gasteiger partial charge in [-0.3, -0.25) is 0 Å². The molecule has 0 aromatic carbocycles. The van der Waals surface area contributed by atoms with E-state index in [1.54, 1.807) is 20.8 Å². The standard InChI is InChI=1S/C13H19N3O6/c1-4-19-12(18)7-5-16(15-14-7)11-10-9(8(6-17)20-11)21-13(2,3)22-10/h5,8-11,17H,4,6H2,1-3H3/t8-,9-,10?,11-/m1/s1. The molecule has 0 saturated carbocycles. The van der Waals surface area contributed by atoms with Gasteiger partial charge in [0.2, 0.25) is 0 Å². The highest BCUT2D eigenvalue weighted by Crippen LogP contribution is 2.42. The minimum atomic E-state index is -0.769. The van der Waals surface area contributed by atoms with Crippen molar-refractivity contribution in [1.82, 2.24) is 15.0 Å². The molecule has 0 aliphatic carbocycles. The molecule has 4 atom stereocenters. The van der Waals surface area contributed by atoms with E-state index >= 15 is 0 Å². The molecule has 9 nitrogen and oxygen atoms in total. The Morgan fingerprint density at radius 3 is 2.86 bits per heavy atom. The lowest BCUT2D eigenvalue weighted by Gasteiger charge is -2.23. The SMILES string of the molecule is CCOC(=O)c1cn([C@@H]2O[C@H](CO)[C@H]3OC(C)(C)OC23)nn1. The highest BCUT2D eigenvalue weighted by Gasteiger charge is 2.56. The lowest BCUT2D eigenvalue weighted by atomic mass is 10.1. The lowest BCUT2D eigenvalue weighted by Crippen LogP contribution is -2.31. The second-order valence-electron chi connectivity index (χ2n) is 5.62. The average Bonchev–Trinajstić information content (AvgIpc) is 3.11.